The quantitative estimate of drug-likeness (QED) is 0.689. The maximum Gasteiger partial charge on any atom is 0.270 e. The number of nitriles is 1. The highest BCUT2D eigenvalue weighted by Crippen LogP contribution is 2.22. The van der Waals surface area contributed by atoms with Gasteiger partial charge in [-0.25, -0.2) is 4.98 Å². The molecule has 1 aromatic carbocycles. The van der Waals surface area contributed by atoms with Crippen LogP contribution in [0.2, 0.25) is 0 Å². The molecule has 22 heavy (non-hydrogen) atoms. The second-order valence-corrected chi connectivity index (χ2v) is 4.48. The molecule has 0 aliphatic heterocycles. The van der Waals surface area contributed by atoms with Gasteiger partial charge >= 0.3 is 0 Å². The number of methoxy groups -OCH3 is 1. The summed E-state index contributed by atoms with van der Waals surface area (Å²) in [7, 11) is 1.56. The molecule has 2 rings (SSSR count). The second kappa shape index (κ2) is 7.24. The molecule has 0 unspecified atom stereocenters. The summed E-state index contributed by atoms with van der Waals surface area (Å²) in [6.07, 6.45) is 0.529. The largest absolute Gasteiger partial charge is 0.497 e. The topological polar surface area (TPSA) is 111 Å². The fourth-order valence-electron chi connectivity index (χ4n) is 1.90. The molecule has 1 heterocycles. The van der Waals surface area contributed by atoms with E-state index in [0.717, 1.165) is 0 Å². The molecule has 0 saturated carbocycles. The number of nitrogens with zero attached hydrogens (tertiary/aromatic N) is 2. The first-order valence-corrected chi connectivity index (χ1v) is 6.73. The van der Waals surface area contributed by atoms with Crippen molar-refractivity contribution >= 4 is 5.95 Å². The lowest BCUT2D eigenvalue weighted by atomic mass is 10.1. The Kier molecular flexibility index (Phi) is 5.11. The normalized spacial score (nSPS) is 10.0. The van der Waals surface area contributed by atoms with Crippen LogP contribution in [-0.4, -0.2) is 35.3 Å². The van der Waals surface area contributed by atoms with Crippen LogP contribution in [0.5, 0.6) is 5.75 Å². The summed E-state index contributed by atoms with van der Waals surface area (Å²) in [5, 5.41) is 20.9. The molecular weight excluding hydrogens is 284 g/mol. The number of nitrogens with one attached hydrogen (secondary N) is 2. The molecule has 1 aromatic heterocycles. The molecule has 0 saturated heterocycles. The van der Waals surface area contributed by atoms with E-state index in [2.05, 4.69) is 15.3 Å². The van der Waals surface area contributed by atoms with Crippen molar-refractivity contribution in [3.05, 3.63) is 40.2 Å². The van der Waals surface area contributed by atoms with Gasteiger partial charge in [0.1, 0.15) is 17.4 Å². The standard InChI is InChI=1S/C15H16N4O3/c1-22-11-5-3-10(4-6-11)13-12(9-16)14(21)19-15(18-13)17-7-2-8-20/h3-6,20H,2,7-8H2,1H3,(H2,17,18,19,21). The third-order valence-corrected chi connectivity index (χ3v) is 3.02. The highest BCUT2D eigenvalue weighted by molar-refractivity contribution is 5.67. The molecule has 7 nitrogen and oxygen atoms in total. The molecule has 114 valence electrons. The van der Waals surface area contributed by atoms with Crippen molar-refractivity contribution in [2.24, 2.45) is 0 Å². The van der Waals surface area contributed by atoms with Gasteiger partial charge in [-0.15, -0.1) is 0 Å². The van der Waals surface area contributed by atoms with E-state index in [4.69, 9.17) is 9.84 Å². The van der Waals surface area contributed by atoms with Crippen molar-refractivity contribution in [2.75, 3.05) is 25.6 Å². The minimum absolute atomic E-state index is 0.0405. The number of H-pyrrole nitrogens is 1. The van der Waals surface area contributed by atoms with E-state index in [-0.39, 0.29) is 18.1 Å². The first-order chi connectivity index (χ1) is 10.7. The summed E-state index contributed by atoms with van der Waals surface area (Å²) >= 11 is 0. The summed E-state index contributed by atoms with van der Waals surface area (Å²) in [4.78, 5) is 18.8. The van der Waals surface area contributed by atoms with Gasteiger partial charge in [0.25, 0.3) is 5.56 Å². The van der Waals surface area contributed by atoms with Crippen LogP contribution >= 0.6 is 0 Å². The highest BCUT2D eigenvalue weighted by atomic mass is 16.5. The molecule has 0 aliphatic carbocycles. The van der Waals surface area contributed by atoms with Crippen molar-refractivity contribution in [1.29, 1.82) is 5.26 Å². The fraction of sp³-hybridized carbons (Fsp3) is 0.267. The minimum atomic E-state index is -0.505. The number of aliphatic hydroxyl groups excluding tert-OH is 1. The summed E-state index contributed by atoms with van der Waals surface area (Å²) in [5.41, 5.74) is 0.404. The average molecular weight is 300 g/mol. The number of ether oxygens (including phenoxy) is 1. The molecule has 0 bridgehead atoms. The van der Waals surface area contributed by atoms with Gasteiger partial charge in [0, 0.05) is 18.7 Å². The molecule has 3 N–H and O–H groups in total. The Morgan fingerprint density at radius 2 is 2.14 bits per heavy atom. The zero-order valence-corrected chi connectivity index (χ0v) is 12.1. The smallest absolute Gasteiger partial charge is 0.270 e. The van der Waals surface area contributed by atoms with Crippen LogP contribution in [0.25, 0.3) is 11.3 Å². The number of aliphatic hydroxyl groups is 1. The number of aromatic amines is 1. The molecule has 2 aromatic rings. The van der Waals surface area contributed by atoms with Crippen LogP contribution in [-0.2, 0) is 0 Å². The molecule has 0 amide bonds. The number of hydrogen-bond acceptors (Lipinski definition) is 6. The zero-order valence-electron chi connectivity index (χ0n) is 12.1. The summed E-state index contributed by atoms with van der Waals surface area (Å²) in [6, 6.07) is 8.82. The number of aromatic nitrogens is 2. The minimum Gasteiger partial charge on any atom is -0.497 e. The van der Waals surface area contributed by atoms with Crippen molar-refractivity contribution < 1.29 is 9.84 Å². The molecule has 0 spiro atoms. The molecule has 0 aliphatic rings. The fourth-order valence-corrected chi connectivity index (χ4v) is 1.90. The average Bonchev–Trinajstić information content (AvgIpc) is 2.55. The van der Waals surface area contributed by atoms with Gasteiger partial charge in [-0.1, -0.05) is 0 Å². The Hall–Kier alpha value is -2.85. The SMILES string of the molecule is COc1ccc(-c2nc(NCCCO)[nH]c(=O)c2C#N)cc1. The Morgan fingerprint density at radius 1 is 1.41 bits per heavy atom. The van der Waals surface area contributed by atoms with Gasteiger partial charge in [-0.05, 0) is 30.7 Å². The lowest BCUT2D eigenvalue weighted by Gasteiger charge is -2.08. The first-order valence-electron chi connectivity index (χ1n) is 6.73. The Balaban J connectivity index is 2.43. The van der Waals surface area contributed by atoms with Crippen LogP contribution in [0.1, 0.15) is 12.0 Å². The number of benzene rings is 1. The van der Waals surface area contributed by atoms with Gasteiger partial charge in [-0.3, -0.25) is 9.78 Å². The summed E-state index contributed by atoms with van der Waals surface area (Å²) in [6.45, 7) is 0.506. The zero-order chi connectivity index (χ0) is 15.9. The Morgan fingerprint density at radius 3 is 2.73 bits per heavy atom. The second-order valence-electron chi connectivity index (χ2n) is 4.48. The highest BCUT2D eigenvalue weighted by Gasteiger charge is 2.13. The first kappa shape index (κ1) is 15.5. The molecule has 7 heteroatoms. The molecule has 0 radical (unpaired) electrons. The van der Waals surface area contributed by atoms with Crippen molar-refractivity contribution in [3.8, 4) is 23.1 Å². The lowest BCUT2D eigenvalue weighted by molar-refractivity contribution is 0.292. The van der Waals surface area contributed by atoms with Crippen molar-refractivity contribution in [1.82, 2.24) is 9.97 Å². The summed E-state index contributed by atoms with van der Waals surface area (Å²) in [5.74, 6) is 0.941. The lowest BCUT2D eigenvalue weighted by Crippen LogP contribution is -2.18. The molecular formula is C15H16N4O3. The Labute approximate surface area is 127 Å². The van der Waals surface area contributed by atoms with Gasteiger partial charge in [0.2, 0.25) is 5.95 Å². The van der Waals surface area contributed by atoms with E-state index in [1.807, 2.05) is 6.07 Å². The van der Waals surface area contributed by atoms with Crippen LogP contribution in [0.3, 0.4) is 0 Å². The maximum atomic E-state index is 12.0. The van der Waals surface area contributed by atoms with Crippen LogP contribution in [0.15, 0.2) is 29.1 Å². The number of hydrogen-bond donors (Lipinski definition) is 3. The number of anilines is 1. The van der Waals surface area contributed by atoms with Gasteiger partial charge in [0.05, 0.1) is 12.8 Å². The third kappa shape index (κ3) is 3.42. The van der Waals surface area contributed by atoms with E-state index in [0.29, 0.717) is 30.0 Å². The number of rotatable bonds is 6. The van der Waals surface area contributed by atoms with Crippen molar-refractivity contribution in [2.45, 2.75) is 6.42 Å². The van der Waals surface area contributed by atoms with Gasteiger partial charge < -0.3 is 15.2 Å². The predicted molar refractivity (Wildman–Crippen MR) is 81.8 cm³/mol. The van der Waals surface area contributed by atoms with Crippen molar-refractivity contribution in [3.63, 3.8) is 0 Å². The molecule has 0 fully saturated rings. The predicted octanol–water partition coefficient (Wildman–Crippen LogP) is 1.11. The van der Waals surface area contributed by atoms with E-state index >= 15 is 0 Å². The van der Waals surface area contributed by atoms with Crippen LogP contribution < -0.4 is 15.6 Å². The Bertz CT molecular complexity index is 732. The van der Waals surface area contributed by atoms with Gasteiger partial charge in [0.15, 0.2) is 0 Å². The van der Waals surface area contributed by atoms with E-state index in [9.17, 15) is 10.1 Å². The van der Waals surface area contributed by atoms with Crippen LogP contribution in [0.4, 0.5) is 5.95 Å². The monoisotopic (exact) mass is 300 g/mol. The van der Waals surface area contributed by atoms with Gasteiger partial charge in [-0.2, -0.15) is 5.26 Å². The third-order valence-electron chi connectivity index (χ3n) is 3.02. The maximum absolute atomic E-state index is 12.0. The molecule has 0 atom stereocenters. The van der Waals surface area contributed by atoms with E-state index < -0.39 is 5.56 Å². The van der Waals surface area contributed by atoms with E-state index in [1.165, 1.54) is 0 Å². The van der Waals surface area contributed by atoms with E-state index in [1.54, 1.807) is 31.4 Å². The van der Waals surface area contributed by atoms with Crippen LogP contribution in [0, 0.1) is 11.3 Å². The summed E-state index contributed by atoms with van der Waals surface area (Å²) < 4.78 is 5.09.